The van der Waals surface area contributed by atoms with Crippen molar-refractivity contribution < 1.29 is 24.0 Å². The lowest BCUT2D eigenvalue weighted by molar-refractivity contribution is -0.137. The minimum Gasteiger partial charge on any atom is -0.356 e. The average molecular weight is 351 g/mol. The molecule has 0 spiro atoms. The quantitative estimate of drug-likeness (QED) is 0.369. The minimum atomic E-state index is -0.397. The van der Waals surface area contributed by atoms with Crippen LogP contribution < -0.4 is 10.6 Å². The van der Waals surface area contributed by atoms with Gasteiger partial charge in [-0.3, -0.25) is 28.9 Å². The van der Waals surface area contributed by atoms with Gasteiger partial charge in [-0.25, -0.2) is 0 Å². The van der Waals surface area contributed by atoms with Gasteiger partial charge in [0.2, 0.25) is 5.91 Å². The van der Waals surface area contributed by atoms with E-state index in [-0.39, 0.29) is 43.0 Å². The van der Waals surface area contributed by atoms with Gasteiger partial charge in [0.05, 0.1) is 12.6 Å². The van der Waals surface area contributed by atoms with Crippen LogP contribution in [0.2, 0.25) is 0 Å². The number of unbranched alkanes of at least 4 members (excludes halogenated alkanes) is 1. The third-order valence-electron chi connectivity index (χ3n) is 3.79. The standard InChI is InChI=1S/C17H25N3O5/c1-12(21)11-19-14(13(2)22)5-3-4-9-18-15(23)8-10-20-16(24)6-7-17(20)25/h6-7,14,19H,3-5,8-11H2,1-2H3,(H,18,23). The first-order valence-corrected chi connectivity index (χ1v) is 8.34. The predicted octanol–water partition coefficient (Wildman–Crippen LogP) is -0.276. The molecule has 25 heavy (non-hydrogen) atoms. The van der Waals surface area contributed by atoms with Gasteiger partial charge >= 0.3 is 0 Å². The largest absolute Gasteiger partial charge is 0.356 e. The number of carbonyl (C=O) groups is 5. The van der Waals surface area contributed by atoms with Gasteiger partial charge in [0.1, 0.15) is 11.6 Å². The van der Waals surface area contributed by atoms with Crippen LogP contribution in [-0.4, -0.2) is 59.9 Å². The monoisotopic (exact) mass is 351 g/mol. The Morgan fingerprint density at radius 3 is 2.28 bits per heavy atom. The van der Waals surface area contributed by atoms with Gasteiger partial charge < -0.3 is 10.6 Å². The molecule has 1 unspecified atom stereocenters. The van der Waals surface area contributed by atoms with Gasteiger partial charge in [-0.15, -0.1) is 0 Å². The molecule has 0 radical (unpaired) electrons. The molecule has 0 saturated heterocycles. The summed E-state index contributed by atoms with van der Waals surface area (Å²) in [5.41, 5.74) is 0. The molecule has 1 atom stereocenters. The topological polar surface area (TPSA) is 113 Å². The minimum absolute atomic E-state index is 0.0150. The van der Waals surface area contributed by atoms with Crippen molar-refractivity contribution in [1.29, 1.82) is 0 Å². The SMILES string of the molecule is CC(=O)CNC(CCCCNC(=O)CCN1C(=O)C=CC1=O)C(C)=O. The van der Waals surface area contributed by atoms with Gasteiger partial charge in [-0.05, 0) is 33.1 Å². The lowest BCUT2D eigenvalue weighted by atomic mass is 10.1. The van der Waals surface area contributed by atoms with E-state index in [4.69, 9.17) is 0 Å². The van der Waals surface area contributed by atoms with Gasteiger partial charge in [0, 0.05) is 31.7 Å². The number of nitrogens with one attached hydrogen (secondary N) is 2. The molecule has 2 N–H and O–H groups in total. The van der Waals surface area contributed by atoms with E-state index in [1.54, 1.807) is 0 Å². The summed E-state index contributed by atoms with van der Waals surface area (Å²) in [6.07, 6.45) is 4.46. The molecule has 1 heterocycles. The van der Waals surface area contributed by atoms with Gasteiger partial charge in [-0.2, -0.15) is 0 Å². The van der Waals surface area contributed by atoms with Crippen molar-refractivity contribution in [2.75, 3.05) is 19.6 Å². The van der Waals surface area contributed by atoms with Gasteiger partial charge in [-0.1, -0.05) is 0 Å². The second-order valence-corrected chi connectivity index (χ2v) is 6.00. The molecule has 1 rings (SSSR count). The van der Waals surface area contributed by atoms with E-state index in [9.17, 15) is 24.0 Å². The Labute approximate surface area is 147 Å². The fourth-order valence-corrected chi connectivity index (χ4v) is 2.37. The van der Waals surface area contributed by atoms with Crippen molar-refractivity contribution in [3.63, 3.8) is 0 Å². The van der Waals surface area contributed by atoms with Crippen LogP contribution in [0, 0.1) is 0 Å². The number of rotatable bonds is 12. The summed E-state index contributed by atoms with van der Waals surface area (Å²) in [5.74, 6) is -1.06. The van der Waals surface area contributed by atoms with Crippen LogP contribution in [0.1, 0.15) is 39.5 Å². The summed E-state index contributed by atoms with van der Waals surface area (Å²) in [4.78, 5) is 57.9. The summed E-state index contributed by atoms with van der Waals surface area (Å²) in [7, 11) is 0. The second-order valence-electron chi connectivity index (χ2n) is 6.00. The van der Waals surface area contributed by atoms with Crippen molar-refractivity contribution in [3.8, 4) is 0 Å². The molecule has 1 aliphatic heterocycles. The molecular weight excluding hydrogens is 326 g/mol. The average Bonchev–Trinajstić information content (AvgIpc) is 2.85. The van der Waals surface area contributed by atoms with Crippen molar-refractivity contribution in [3.05, 3.63) is 12.2 Å². The number of hydrogen-bond donors (Lipinski definition) is 2. The highest BCUT2D eigenvalue weighted by Crippen LogP contribution is 2.04. The van der Waals surface area contributed by atoms with Crippen LogP contribution in [0.15, 0.2) is 12.2 Å². The zero-order valence-corrected chi connectivity index (χ0v) is 14.7. The van der Waals surface area contributed by atoms with Crippen molar-refractivity contribution >= 4 is 29.3 Å². The van der Waals surface area contributed by atoms with Crippen LogP contribution in [0.3, 0.4) is 0 Å². The molecule has 3 amide bonds. The fraction of sp³-hybridized carbons (Fsp3) is 0.588. The Balaban J connectivity index is 2.14. The first kappa shape index (κ1) is 20.7. The van der Waals surface area contributed by atoms with E-state index < -0.39 is 11.8 Å². The molecule has 8 heteroatoms. The number of carbonyl (C=O) groups excluding carboxylic acids is 5. The maximum absolute atomic E-state index is 11.7. The van der Waals surface area contributed by atoms with Crippen molar-refractivity contribution in [1.82, 2.24) is 15.5 Å². The lowest BCUT2D eigenvalue weighted by Crippen LogP contribution is -2.38. The predicted molar refractivity (Wildman–Crippen MR) is 90.5 cm³/mol. The van der Waals surface area contributed by atoms with Gasteiger partial charge in [0.15, 0.2) is 0 Å². The van der Waals surface area contributed by atoms with E-state index in [2.05, 4.69) is 10.6 Å². The number of ketones is 2. The number of imide groups is 1. The zero-order valence-electron chi connectivity index (χ0n) is 14.7. The van der Waals surface area contributed by atoms with Crippen LogP contribution in [-0.2, 0) is 24.0 Å². The normalized spacial score (nSPS) is 14.7. The fourth-order valence-electron chi connectivity index (χ4n) is 2.37. The highest BCUT2D eigenvalue weighted by atomic mass is 16.2. The summed E-state index contributed by atoms with van der Waals surface area (Å²) in [5, 5.41) is 5.64. The Bertz CT molecular complexity index is 553. The van der Waals surface area contributed by atoms with E-state index in [0.29, 0.717) is 19.4 Å². The first-order chi connectivity index (χ1) is 11.8. The summed E-state index contributed by atoms with van der Waals surface area (Å²) >= 11 is 0. The summed E-state index contributed by atoms with van der Waals surface area (Å²) in [6.45, 7) is 3.63. The number of Topliss-reactive ketones (excluding diaryl/α,β-unsaturated/α-hetero) is 2. The van der Waals surface area contributed by atoms with Crippen LogP contribution in [0.5, 0.6) is 0 Å². The van der Waals surface area contributed by atoms with E-state index >= 15 is 0 Å². The van der Waals surface area contributed by atoms with Crippen molar-refractivity contribution in [2.45, 2.75) is 45.6 Å². The highest BCUT2D eigenvalue weighted by Gasteiger charge is 2.23. The van der Waals surface area contributed by atoms with E-state index in [1.807, 2.05) is 0 Å². The third-order valence-corrected chi connectivity index (χ3v) is 3.79. The molecule has 0 aromatic carbocycles. The number of hydrogen-bond acceptors (Lipinski definition) is 6. The maximum atomic E-state index is 11.7. The smallest absolute Gasteiger partial charge is 0.253 e. The highest BCUT2D eigenvalue weighted by molar-refractivity contribution is 6.13. The molecule has 0 fully saturated rings. The second kappa shape index (κ2) is 10.5. The molecule has 0 aromatic heterocycles. The number of nitrogens with zero attached hydrogens (tertiary/aromatic N) is 1. The van der Waals surface area contributed by atoms with E-state index in [0.717, 1.165) is 11.3 Å². The Morgan fingerprint density at radius 1 is 1.08 bits per heavy atom. The molecule has 8 nitrogen and oxygen atoms in total. The lowest BCUT2D eigenvalue weighted by Gasteiger charge is -2.15. The van der Waals surface area contributed by atoms with Crippen LogP contribution in [0.4, 0.5) is 0 Å². The zero-order chi connectivity index (χ0) is 18.8. The number of amides is 3. The first-order valence-electron chi connectivity index (χ1n) is 8.34. The summed E-state index contributed by atoms with van der Waals surface area (Å²) in [6, 6.07) is -0.348. The van der Waals surface area contributed by atoms with Gasteiger partial charge in [0.25, 0.3) is 11.8 Å². The maximum Gasteiger partial charge on any atom is 0.253 e. The van der Waals surface area contributed by atoms with E-state index in [1.165, 1.54) is 26.0 Å². The molecule has 0 aromatic rings. The molecule has 138 valence electrons. The Hall–Kier alpha value is -2.35. The van der Waals surface area contributed by atoms with Crippen LogP contribution in [0.25, 0.3) is 0 Å². The van der Waals surface area contributed by atoms with Crippen molar-refractivity contribution in [2.24, 2.45) is 0 Å². The molecule has 1 aliphatic rings. The third kappa shape index (κ3) is 7.84. The Kier molecular flexibility index (Phi) is 8.69. The molecular formula is C17H25N3O5. The molecule has 0 bridgehead atoms. The molecule has 0 aliphatic carbocycles. The summed E-state index contributed by atoms with van der Waals surface area (Å²) < 4.78 is 0. The Morgan fingerprint density at radius 2 is 1.72 bits per heavy atom. The van der Waals surface area contributed by atoms with Crippen LogP contribution >= 0.6 is 0 Å². The molecule has 0 saturated carbocycles.